The lowest BCUT2D eigenvalue weighted by molar-refractivity contribution is -0.172. The summed E-state index contributed by atoms with van der Waals surface area (Å²) < 4.78 is 35.9. The highest BCUT2D eigenvalue weighted by Gasteiger charge is 2.41. The molecular formula is C10H11ClF3NO. The van der Waals surface area contributed by atoms with Crippen molar-refractivity contribution < 1.29 is 18.0 Å². The van der Waals surface area contributed by atoms with Crippen LogP contribution < -0.4 is 5.73 Å². The molecule has 0 aliphatic carbocycles. The quantitative estimate of drug-likeness (QED) is 0.897. The zero-order valence-electron chi connectivity index (χ0n) is 8.20. The molecule has 6 heteroatoms. The maximum absolute atomic E-state index is 12.0. The van der Waals surface area contributed by atoms with E-state index in [1.807, 2.05) is 0 Å². The highest BCUT2D eigenvalue weighted by Crippen LogP contribution is 2.18. The molecule has 0 heterocycles. The predicted octanol–water partition coefficient (Wildman–Crippen LogP) is 2.11. The fourth-order valence-electron chi connectivity index (χ4n) is 1.17. The highest BCUT2D eigenvalue weighted by atomic mass is 35.5. The summed E-state index contributed by atoms with van der Waals surface area (Å²) in [6.07, 6.45) is -4.95. The normalized spacial score (nSPS) is 12.8. The first-order valence-electron chi connectivity index (χ1n) is 4.32. The van der Waals surface area contributed by atoms with Gasteiger partial charge in [0.15, 0.2) is 0 Å². The molecular weight excluding hydrogens is 243 g/mol. The summed E-state index contributed by atoms with van der Waals surface area (Å²) in [6.45, 7) is 0. The monoisotopic (exact) mass is 253 g/mol. The van der Waals surface area contributed by atoms with Crippen molar-refractivity contribution in [2.75, 3.05) is 0 Å². The molecule has 0 saturated carbocycles. The van der Waals surface area contributed by atoms with Crippen LogP contribution in [-0.4, -0.2) is 18.0 Å². The summed E-state index contributed by atoms with van der Waals surface area (Å²) in [7, 11) is 0. The molecule has 1 aromatic rings. The van der Waals surface area contributed by atoms with Crippen molar-refractivity contribution in [2.45, 2.75) is 18.6 Å². The number of carbonyl (C=O) groups is 1. The van der Waals surface area contributed by atoms with Gasteiger partial charge in [-0.3, -0.25) is 4.79 Å². The number of Topliss-reactive ketones (excluding diaryl/α,β-unsaturated/α-hetero) is 1. The van der Waals surface area contributed by atoms with E-state index in [2.05, 4.69) is 0 Å². The SMILES string of the molecule is Cl.N[C@@H](Cc1ccccc1)C(=O)C(F)(F)F. The number of halogens is 4. The first kappa shape index (κ1) is 14.9. The average Bonchev–Trinajstić information content (AvgIpc) is 2.16. The maximum Gasteiger partial charge on any atom is 0.451 e. The van der Waals surface area contributed by atoms with E-state index >= 15 is 0 Å². The number of nitrogens with two attached hydrogens (primary N) is 1. The van der Waals surface area contributed by atoms with Crippen LogP contribution in [-0.2, 0) is 11.2 Å². The molecule has 0 aromatic heterocycles. The van der Waals surface area contributed by atoms with Crippen LogP contribution in [0.1, 0.15) is 5.56 Å². The molecule has 0 amide bonds. The molecule has 0 spiro atoms. The van der Waals surface area contributed by atoms with Gasteiger partial charge in [0.25, 0.3) is 5.78 Å². The van der Waals surface area contributed by atoms with Gasteiger partial charge in [-0.2, -0.15) is 13.2 Å². The van der Waals surface area contributed by atoms with Crippen LogP contribution in [0.15, 0.2) is 30.3 Å². The van der Waals surface area contributed by atoms with Crippen LogP contribution in [0, 0.1) is 0 Å². The Morgan fingerprint density at radius 3 is 2.19 bits per heavy atom. The molecule has 90 valence electrons. The average molecular weight is 254 g/mol. The predicted molar refractivity (Wildman–Crippen MR) is 56.4 cm³/mol. The third-order valence-electron chi connectivity index (χ3n) is 1.91. The van der Waals surface area contributed by atoms with Gasteiger partial charge in [0.2, 0.25) is 0 Å². The maximum atomic E-state index is 12.0. The van der Waals surface area contributed by atoms with Gasteiger partial charge in [-0.25, -0.2) is 0 Å². The van der Waals surface area contributed by atoms with Crippen molar-refractivity contribution in [1.82, 2.24) is 0 Å². The second-order valence-corrected chi connectivity index (χ2v) is 3.16. The van der Waals surface area contributed by atoms with Crippen LogP contribution in [0.4, 0.5) is 13.2 Å². The molecule has 0 unspecified atom stereocenters. The zero-order chi connectivity index (χ0) is 11.5. The van der Waals surface area contributed by atoms with Gasteiger partial charge in [-0.05, 0) is 12.0 Å². The van der Waals surface area contributed by atoms with Crippen molar-refractivity contribution in [3.63, 3.8) is 0 Å². The van der Waals surface area contributed by atoms with Gasteiger partial charge in [0, 0.05) is 0 Å². The lowest BCUT2D eigenvalue weighted by Gasteiger charge is -2.12. The first-order valence-corrected chi connectivity index (χ1v) is 4.32. The minimum atomic E-state index is -4.85. The third-order valence-corrected chi connectivity index (χ3v) is 1.91. The Morgan fingerprint density at radius 1 is 1.25 bits per heavy atom. The number of hydrogen-bond acceptors (Lipinski definition) is 2. The molecule has 1 aromatic carbocycles. The first-order chi connectivity index (χ1) is 6.91. The van der Waals surface area contributed by atoms with Gasteiger partial charge in [0.1, 0.15) is 0 Å². The van der Waals surface area contributed by atoms with Crippen molar-refractivity contribution in [1.29, 1.82) is 0 Å². The van der Waals surface area contributed by atoms with Gasteiger partial charge in [-0.15, -0.1) is 12.4 Å². The van der Waals surface area contributed by atoms with Gasteiger partial charge >= 0.3 is 6.18 Å². The highest BCUT2D eigenvalue weighted by molar-refractivity contribution is 5.89. The lowest BCUT2D eigenvalue weighted by Crippen LogP contribution is -2.41. The molecule has 0 aliphatic heterocycles. The van der Waals surface area contributed by atoms with Crippen molar-refractivity contribution in [3.05, 3.63) is 35.9 Å². The summed E-state index contributed by atoms with van der Waals surface area (Å²) in [5, 5.41) is 0. The molecule has 16 heavy (non-hydrogen) atoms. The van der Waals surface area contributed by atoms with E-state index in [-0.39, 0.29) is 18.8 Å². The second-order valence-electron chi connectivity index (χ2n) is 3.16. The molecule has 1 atom stereocenters. The Kier molecular flexibility index (Phi) is 5.47. The Balaban J connectivity index is 0.00000225. The van der Waals surface area contributed by atoms with E-state index in [4.69, 9.17) is 5.73 Å². The largest absolute Gasteiger partial charge is 0.451 e. The Hall–Kier alpha value is -1.07. The third kappa shape index (κ3) is 4.20. The fourth-order valence-corrected chi connectivity index (χ4v) is 1.17. The molecule has 0 aliphatic rings. The van der Waals surface area contributed by atoms with E-state index in [9.17, 15) is 18.0 Å². The summed E-state index contributed by atoms with van der Waals surface area (Å²) >= 11 is 0. The number of benzene rings is 1. The van der Waals surface area contributed by atoms with Crippen LogP contribution in [0.5, 0.6) is 0 Å². The summed E-state index contributed by atoms with van der Waals surface area (Å²) in [5.41, 5.74) is 5.78. The molecule has 0 radical (unpaired) electrons. The van der Waals surface area contributed by atoms with E-state index in [1.165, 1.54) is 0 Å². The number of hydrogen-bond donors (Lipinski definition) is 1. The zero-order valence-corrected chi connectivity index (χ0v) is 9.02. The Labute approximate surface area is 97.0 Å². The van der Waals surface area contributed by atoms with Crippen molar-refractivity contribution in [3.8, 4) is 0 Å². The van der Waals surface area contributed by atoms with Crippen LogP contribution in [0.2, 0.25) is 0 Å². The van der Waals surface area contributed by atoms with Gasteiger partial charge in [-0.1, -0.05) is 30.3 Å². The van der Waals surface area contributed by atoms with Crippen LogP contribution >= 0.6 is 12.4 Å². The van der Waals surface area contributed by atoms with Crippen molar-refractivity contribution in [2.24, 2.45) is 5.73 Å². The van der Waals surface area contributed by atoms with E-state index in [1.54, 1.807) is 30.3 Å². The lowest BCUT2D eigenvalue weighted by atomic mass is 10.0. The standard InChI is InChI=1S/C10H10F3NO.ClH/c11-10(12,13)9(15)8(14)6-7-4-2-1-3-5-7;/h1-5,8H,6,14H2;1H/t8-;/m0./s1. The minimum absolute atomic E-state index is 0. The Morgan fingerprint density at radius 2 is 1.75 bits per heavy atom. The van der Waals surface area contributed by atoms with E-state index < -0.39 is 18.0 Å². The number of carbonyl (C=O) groups excluding carboxylic acids is 1. The number of alkyl halides is 3. The summed E-state index contributed by atoms with van der Waals surface area (Å²) in [6, 6.07) is 6.83. The van der Waals surface area contributed by atoms with Gasteiger partial charge < -0.3 is 5.73 Å². The summed E-state index contributed by atoms with van der Waals surface area (Å²) in [4.78, 5) is 10.7. The second kappa shape index (κ2) is 5.86. The molecule has 0 fully saturated rings. The molecule has 2 N–H and O–H groups in total. The number of rotatable bonds is 3. The minimum Gasteiger partial charge on any atom is -0.321 e. The van der Waals surface area contributed by atoms with E-state index in [0.717, 1.165) is 0 Å². The molecule has 1 rings (SSSR count). The summed E-state index contributed by atoms with van der Waals surface area (Å²) in [5.74, 6) is -1.88. The van der Waals surface area contributed by atoms with E-state index in [0.29, 0.717) is 5.56 Å². The van der Waals surface area contributed by atoms with Crippen LogP contribution in [0.3, 0.4) is 0 Å². The topological polar surface area (TPSA) is 43.1 Å². The Bertz CT molecular complexity index is 340. The van der Waals surface area contributed by atoms with Gasteiger partial charge in [0.05, 0.1) is 6.04 Å². The molecule has 2 nitrogen and oxygen atoms in total. The van der Waals surface area contributed by atoms with Crippen LogP contribution in [0.25, 0.3) is 0 Å². The van der Waals surface area contributed by atoms with Crippen molar-refractivity contribution >= 4 is 18.2 Å². The fraction of sp³-hybridized carbons (Fsp3) is 0.300. The number of ketones is 1. The molecule has 0 bridgehead atoms. The molecule has 0 saturated heterocycles. The smallest absolute Gasteiger partial charge is 0.321 e.